The van der Waals surface area contributed by atoms with E-state index in [1.165, 1.54) is 6.07 Å². The van der Waals surface area contributed by atoms with Crippen LogP contribution in [0.4, 0.5) is 11.5 Å². The molecule has 0 fully saturated rings. The van der Waals surface area contributed by atoms with Crippen molar-refractivity contribution in [2.45, 2.75) is 11.8 Å². The first-order valence-electron chi connectivity index (χ1n) is 7.75. The molecule has 0 saturated carbocycles. The molecule has 3 N–H and O–H groups in total. The Morgan fingerprint density at radius 1 is 1.04 bits per heavy atom. The van der Waals surface area contributed by atoms with Crippen LogP contribution in [0, 0.1) is 6.92 Å². The third-order valence-electron chi connectivity index (χ3n) is 3.80. The first-order chi connectivity index (χ1) is 12.4. The SMILES string of the molecule is COc1cccc(Nc2ccc(-c3ccc(C)c(S(N)(=O)=O)c3)nn2)c1. The molecular formula is C18H18N4O3S. The summed E-state index contributed by atoms with van der Waals surface area (Å²) in [5.74, 6) is 1.29. The quantitative estimate of drug-likeness (QED) is 0.715. The normalized spacial score (nSPS) is 11.2. The molecule has 3 rings (SSSR count). The maximum Gasteiger partial charge on any atom is 0.238 e. The highest BCUT2D eigenvalue weighted by Crippen LogP contribution is 2.24. The molecular weight excluding hydrogens is 352 g/mol. The van der Waals surface area contributed by atoms with Gasteiger partial charge in [0, 0.05) is 17.3 Å². The number of nitrogens with two attached hydrogens (primary N) is 1. The van der Waals surface area contributed by atoms with Crippen LogP contribution in [0.1, 0.15) is 5.56 Å². The summed E-state index contributed by atoms with van der Waals surface area (Å²) in [5, 5.41) is 16.7. The first-order valence-corrected chi connectivity index (χ1v) is 9.30. The topological polar surface area (TPSA) is 107 Å². The second-order valence-corrected chi connectivity index (χ2v) is 7.22. The van der Waals surface area contributed by atoms with E-state index < -0.39 is 10.0 Å². The minimum atomic E-state index is -3.79. The smallest absolute Gasteiger partial charge is 0.238 e. The Bertz CT molecular complexity index is 1030. The second kappa shape index (κ2) is 7.11. The summed E-state index contributed by atoms with van der Waals surface area (Å²) in [6.45, 7) is 1.69. The fourth-order valence-corrected chi connectivity index (χ4v) is 3.28. The van der Waals surface area contributed by atoms with Gasteiger partial charge in [0.25, 0.3) is 0 Å². The molecule has 0 aliphatic carbocycles. The van der Waals surface area contributed by atoms with Crippen molar-refractivity contribution in [3.05, 3.63) is 60.2 Å². The van der Waals surface area contributed by atoms with Crippen LogP contribution < -0.4 is 15.2 Å². The fourth-order valence-electron chi connectivity index (χ4n) is 2.47. The number of aromatic nitrogens is 2. The lowest BCUT2D eigenvalue weighted by Gasteiger charge is -2.09. The molecule has 0 unspecified atom stereocenters. The molecule has 0 amide bonds. The molecule has 0 aliphatic rings. The van der Waals surface area contributed by atoms with E-state index in [9.17, 15) is 8.42 Å². The zero-order valence-corrected chi connectivity index (χ0v) is 15.1. The van der Waals surface area contributed by atoms with E-state index >= 15 is 0 Å². The van der Waals surface area contributed by atoms with Crippen molar-refractivity contribution in [1.82, 2.24) is 10.2 Å². The van der Waals surface area contributed by atoms with Crippen molar-refractivity contribution in [1.29, 1.82) is 0 Å². The maximum absolute atomic E-state index is 11.7. The van der Waals surface area contributed by atoms with Gasteiger partial charge < -0.3 is 10.1 Å². The summed E-state index contributed by atoms with van der Waals surface area (Å²) in [4.78, 5) is 0.0791. The van der Waals surface area contributed by atoms with Gasteiger partial charge >= 0.3 is 0 Å². The average Bonchev–Trinajstić information content (AvgIpc) is 2.62. The van der Waals surface area contributed by atoms with Crippen LogP contribution in [0.3, 0.4) is 0 Å². The molecule has 2 aromatic carbocycles. The summed E-state index contributed by atoms with van der Waals surface area (Å²) in [5.41, 5.74) is 2.57. The van der Waals surface area contributed by atoms with Crippen molar-refractivity contribution >= 4 is 21.5 Å². The number of hydrogen-bond donors (Lipinski definition) is 2. The first kappa shape index (κ1) is 17.8. The number of benzene rings is 2. The van der Waals surface area contributed by atoms with E-state index in [2.05, 4.69) is 15.5 Å². The highest BCUT2D eigenvalue weighted by atomic mass is 32.2. The Labute approximate surface area is 151 Å². The lowest BCUT2D eigenvalue weighted by Crippen LogP contribution is -2.13. The standard InChI is InChI=1S/C18H18N4O3S/c1-12-6-7-13(10-17(12)26(19,23)24)16-8-9-18(22-21-16)20-14-4-3-5-15(11-14)25-2/h3-11H,1-2H3,(H,20,22)(H2,19,23,24). The minimum absolute atomic E-state index is 0.0791. The van der Waals surface area contributed by atoms with Gasteiger partial charge in [-0.25, -0.2) is 13.6 Å². The molecule has 26 heavy (non-hydrogen) atoms. The minimum Gasteiger partial charge on any atom is -0.497 e. The van der Waals surface area contributed by atoms with Crippen molar-refractivity contribution < 1.29 is 13.2 Å². The lowest BCUT2D eigenvalue weighted by atomic mass is 10.1. The van der Waals surface area contributed by atoms with Gasteiger partial charge in [0.1, 0.15) is 5.75 Å². The number of hydrogen-bond acceptors (Lipinski definition) is 6. The Hall–Kier alpha value is -2.97. The average molecular weight is 370 g/mol. The highest BCUT2D eigenvalue weighted by molar-refractivity contribution is 7.89. The molecule has 0 bridgehead atoms. The van der Waals surface area contributed by atoms with Crippen LogP contribution in [0.25, 0.3) is 11.3 Å². The molecule has 0 saturated heterocycles. The van der Waals surface area contributed by atoms with Gasteiger partial charge in [-0.15, -0.1) is 10.2 Å². The second-order valence-electron chi connectivity index (χ2n) is 5.69. The van der Waals surface area contributed by atoms with Crippen LogP contribution >= 0.6 is 0 Å². The number of methoxy groups -OCH3 is 1. The zero-order valence-electron chi connectivity index (χ0n) is 14.3. The largest absolute Gasteiger partial charge is 0.497 e. The van der Waals surface area contributed by atoms with E-state index in [-0.39, 0.29) is 4.90 Å². The molecule has 1 aromatic heterocycles. The number of primary sulfonamides is 1. The number of rotatable bonds is 5. The molecule has 8 heteroatoms. The van der Waals surface area contributed by atoms with E-state index in [0.29, 0.717) is 22.6 Å². The van der Waals surface area contributed by atoms with Crippen LogP contribution in [0.5, 0.6) is 5.75 Å². The fraction of sp³-hybridized carbons (Fsp3) is 0.111. The number of nitrogens with one attached hydrogen (secondary N) is 1. The molecule has 0 spiro atoms. The van der Waals surface area contributed by atoms with Gasteiger partial charge in [0.15, 0.2) is 5.82 Å². The van der Waals surface area contributed by atoms with E-state index in [0.717, 1.165) is 11.4 Å². The van der Waals surface area contributed by atoms with E-state index in [1.807, 2.05) is 24.3 Å². The molecule has 0 atom stereocenters. The summed E-state index contributed by atoms with van der Waals surface area (Å²) >= 11 is 0. The number of nitrogens with zero attached hydrogens (tertiary/aromatic N) is 2. The van der Waals surface area contributed by atoms with Crippen LogP contribution in [0.15, 0.2) is 59.5 Å². The number of aryl methyl sites for hydroxylation is 1. The van der Waals surface area contributed by atoms with Crippen LogP contribution in [-0.2, 0) is 10.0 Å². The van der Waals surface area contributed by atoms with Crippen molar-refractivity contribution in [3.63, 3.8) is 0 Å². The molecule has 7 nitrogen and oxygen atoms in total. The summed E-state index contributed by atoms with van der Waals surface area (Å²) < 4.78 is 28.5. The summed E-state index contributed by atoms with van der Waals surface area (Å²) in [6, 6.07) is 15.9. The van der Waals surface area contributed by atoms with Gasteiger partial charge in [0.2, 0.25) is 10.0 Å². The Balaban J connectivity index is 1.86. The van der Waals surface area contributed by atoms with Gasteiger partial charge in [-0.2, -0.15) is 0 Å². The van der Waals surface area contributed by atoms with E-state index in [1.54, 1.807) is 38.3 Å². The monoisotopic (exact) mass is 370 g/mol. The third-order valence-corrected chi connectivity index (χ3v) is 4.85. The lowest BCUT2D eigenvalue weighted by molar-refractivity contribution is 0.415. The highest BCUT2D eigenvalue weighted by Gasteiger charge is 2.13. The summed E-state index contributed by atoms with van der Waals surface area (Å²) in [6.07, 6.45) is 0. The zero-order chi connectivity index (χ0) is 18.7. The predicted octanol–water partition coefficient (Wildman–Crippen LogP) is 2.85. The Morgan fingerprint density at radius 2 is 1.85 bits per heavy atom. The van der Waals surface area contributed by atoms with Gasteiger partial charge in [-0.05, 0) is 42.8 Å². The molecule has 134 valence electrons. The Kier molecular flexibility index (Phi) is 4.88. The summed E-state index contributed by atoms with van der Waals surface area (Å²) in [7, 11) is -2.19. The number of anilines is 2. The van der Waals surface area contributed by atoms with Gasteiger partial charge in [-0.1, -0.05) is 18.2 Å². The maximum atomic E-state index is 11.7. The van der Waals surface area contributed by atoms with Crippen molar-refractivity contribution in [2.24, 2.45) is 5.14 Å². The number of ether oxygens (including phenoxy) is 1. The molecule has 0 radical (unpaired) electrons. The third kappa shape index (κ3) is 3.98. The van der Waals surface area contributed by atoms with Crippen LogP contribution in [-0.4, -0.2) is 25.7 Å². The van der Waals surface area contributed by atoms with Crippen LogP contribution in [0.2, 0.25) is 0 Å². The molecule has 3 aromatic rings. The number of sulfonamides is 1. The van der Waals surface area contributed by atoms with Gasteiger partial charge in [-0.3, -0.25) is 0 Å². The van der Waals surface area contributed by atoms with Gasteiger partial charge in [0.05, 0.1) is 17.7 Å². The molecule has 0 aliphatic heterocycles. The van der Waals surface area contributed by atoms with E-state index in [4.69, 9.17) is 9.88 Å². The van der Waals surface area contributed by atoms with Crippen molar-refractivity contribution in [2.75, 3.05) is 12.4 Å². The Morgan fingerprint density at radius 3 is 2.50 bits per heavy atom. The molecule has 1 heterocycles. The van der Waals surface area contributed by atoms with Crippen molar-refractivity contribution in [3.8, 4) is 17.0 Å². The predicted molar refractivity (Wildman–Crippen MR) is 99.9 cm³/mol.